The van der Waals surface area contributed by atoms with E-state index in [1.807, 2.05) is 6.92 Å². The third kappa shape index (κ3) is 4.36. The molecule has 20 heavy (non-hydrogen) atoms. The fraction of sp³-hybridized carbons (Fsp3) is 0.938. The lowest BCUT2D eigenvalue weighted by Gasteiger charge is -2.37. The average Bonchev–Trinajstić information content (AvgIpc) is 3.05. The SMILES string of the molecule is CC(C)CC1(CNC(=O)C2CCCCC2(C)N)CC1.Cl. The standard InChI is InChI=1S/C16H30N2O.ClH/c1-12(2)10-16(8-9-16)11-18-14(19)13-6-4-5-7-15(13,3)17;/h12-13H,4-11,17H2,1-3H3,(H,18,19);1H. The van der Waals surface area contributed by atoms with Crippen LogP contribution in [-0.4, -0.2) is 18.0 Å². The Kier molecular flexibility index (Phi) is 5.91. The first-order valence-corrected chi connectivity index (χ1v) is 7.91. The monoisotopic (exact) mass is 302 g/mol. The van der Waals surface area contributed by atoms with Crippen LogP contribution in [0, 0.1) is 17.3 Å². The number of hydrogen-bond acceptors (Lipinski definition) is 2. The van der Waals surface area contributed by atoms with Crippen LogP contribution < -0.4 is 11.1 Å². The summed E-state index contributed by atoms with van der Waals surface area (Å²) in [5.74, 6) is 0.921. The van der Waals surface area contributed by atoms with Crippen molar-refractivity contribution in [1.82, 2.24) is 5.32 Å². The molecule has 2 saturated carbocycles. The van der Waals surface area contributed by atoms with Gasteiger partial charge in [-0.15, -0.1) is 12.4 Å². The second-order valence-corrected chi connectivity index (χ2v) is 7.62. The van der Waals surface area contributed by atoms with Crippen LogP contribution in [0.1, 0.15) is 65.7 Å². The van der Waals surface area contributed by atoms with Gasteiger partial charge in [0.2, 0.25) is 5.91 Å². The van der Waals surface area contributed by atoms with E-state index in [4.69, 9.17) is 5.73 Å². The van der Waals surface area contributed by atoms with Gasteiger partial charge in [0, 0.05) is 12.1 Å². The minimum Gasteiger partial charge on any atom is -0.355 e. The van der Waals surface area contributed by atoms with Gasteiger partial charge in [0.25, 0.3) is 0 Å². The predicted molar refractivity (Wildman–Crippen MR) is 85.9 cm³/mol. The maximum Gasteiger partial charge on any atom is 0.224 e. The lowest BCUT2D eigenvalue weighted by Crippen LogP contribution is -2.53. The van der Waals surface area contributed by atoms with Crippen LogP contribution in [-0.2, 0) is 4.79 Å². The molecule has 0 bridgehead atoms. The molecule has 4 heteroatoms. The molecule has 3 N–H and O–H groups in total. The average molecular weight is 303 g/mol. The van der Waals surface area contributed by atoms with Gasteiger partial charge < -0.3 is 11.1 Å². The molecule has 2 aliphatic rings. The zero-order chi connectivity index (χ0) is 14.1. The van der Waals surface area contributed by atoms with Crippen LogP contribution in [0.5, 0.6) is 0 Å². The van der Waals surface area contributed by atoms with E-state index in [1.165, 1.54) is 19.3 Å². The summed E-state index contributed by atoms with van der Waals surface area (Å²) in [6.07, 6.45) is 8.01. The zero-order valence-electron chi connectivity index (χ0n) is 13.2. The Morgan fingerprint density at radius 1 is 1.30 bits per heavy atom. The van der Waals surface area contributed by atoms with Gasteiger partial charge in [0.05, 0.1) is 5.92 Å². The van der Waals surface area contributed by atoms with Gasteiger partial charge in [-0.25, -0.2) is 0 Å². The first-order chi connectivity index (χ1) is 8.85. The van der Waals surface area contributed by atoms with Crippen molar-refractivity contribution in [3.63, 3.8) is 0 Å². The van der Waals surface area contributed by atoms with E-state index in [1.54, 1.807) is 0 Å². The van der Waals surface area contributed by atoms with Crippen LogP contribution >= 0.6 is 12.4 Å². The van der Waals surface area contributed by atoms with Crippen molar-refractivity contribution in [2.75, 3.05) is 6.54 Å². The van der Waals surface area contributed by atoms with Crippen molar-refractivity contribution < 1.29 is 4.79 Å². The largest absolute Gasteiger partial charge is 0.355 e. The molecule has 0 saturated heterocycles. The molecule has 2 fully saturated rings. The van der Waals surface area contributed by atoms with Crippen LogP contribution in [0.2, 0.25) is 0 Å². The van der Waals surface area contributed by atoms with Crippen LogP contribution in [0.4, 0.5) is 0 Å². The maximum atomic E-state index is 12.4. The number of nitrogens with two attached hydrogens (primary N) is 1. The van der Waals surface area contributed by atoms with E-state index in [0.29, 0.717) is 11.3 Å². The predicted octanol–water partition coefficient (Wildman–Crippen LogP) is 3.26. The van der Waals surface area contributed by atoms with Gasteiger partial charge in [-0.3, -0.25) is 4.79 Å². The number of carbonyl (C=O) groups excluding carboxylic acids is 1. The van der Waals surface area contributed by atoms with E-state index in [2.05, 4.69) is 19.2 Å². The normalized spacial score (nSPS) is 31.6. The number of nitrogens with one attached hydrogen (secondary N) is 1. The molecule has 2 rings (SSSR count). The molecule has 0 aliphatic heterocycles. The third-order valence-corrected chi connectivity index (χ3v) is 5.01. The quantitative estimate of drug-likeness (QED) is 0.819. The van der Waals surface area contributed by atoms with Gasteiger partial charge in [-0.05, 0) is 50.4 Å². The van der Waals surface area contributed by atoms with Gasteiger partial charge >= 0.3 is 0 Å². The summed E-state index contributed by atoms with van der Waals surface area (Å²) in [5, 5.41) is 3.20. The molecule has 3 nitrogen and oxygen atoms in total. The van der Waals surface area contributed by atoms with Crippen molar-refractivity contribution in [3.8, 4) is 0 Å². The molecule has 2 atom stereocenters. The molecule has 0 aromatic rings. The van der Waals surface area contributed by atoms with Gasteiger partial charge in [-0.2, -0.15) is 0 Å². The number of halogens is 1. The molecule has 118 valence electrons. The fourth-order valence-corrected chi connectivity index (χ4v) is 3.68. The highest BCUT2D eigenvalue weighted by atomic mass is 35.5. The second kappa shape index (κ2) is 6.65. The Hall–Kier alpha value is -0.280. The van der Waals surface area contributed by atoms with Crippen LogP contribution in [0.3, 0.4) is 0 Å². The van der Waals surface area contributed by atoms with E-state index >= 15 is 0 Å². The highest BCUT2D eigenvalue weighted by Crippen LogP contribution is 2.50. The molecule has 0 spiro atoms. The summed E-state index contributed by atoms with van der Waals surface area (Å²) in [7, 11) is 0. The summed E-state index contributed by atoms with van der Waals surface area (Å²) in [5.41, 5.74) is 6.40. The van der Waals surface area contributed by atoms with Gasteiger partial charge in [0.1, 0.15) is 0 Å². The fourth-order valence-electron chi connectivity index (χ4n) is 3.68. The third-order valence-electron chi connectivity index (χ3n) is 5.01. The highest BCUT2D eigenvalue weighted by molar-refractivity contribution is 5.85. The maximum absolute atomic E-state index is 12.4. The molecule has 2 aliphatic carbocycles. The number of hydrogen-bond donors (Lipinski definition) is 2. The molecule has 1 amide bonds. The van der Waals surface area contributed by atoms with Crippen molar-refractivity contribution in [2.45, 2.75) is 71.3 Å². The van der Waals surface area contributed by atoms with Gasteiger partial charge in [0.15, 0.2) is 0 Å². The van der Waals surface area contributed by atoms with Crippen molar-refractivity contribution in [2.24, 2.45) is 23.0 Å². The molecule has 0 aromatic carbocycles. The van der Waals surface area contributed by atoms with Crippen LogP contribution in [0.25, 0.3) is 0 Å². The summed E-state index contributed by atoms with van der Waals surface area (Å²) < 4.78 is 0. The minimum absolute atomic E-state index is 0. The summed E-state index contributed by atoms with van der Waals surface area (Å²) in [4.78, 5) is 12.4. The van der Waals surface area contributed by atoms with Crippen molar-refractivity contribution >= 4 is 18.3 Å². The Morgan fingerprint density at radius 2 is 1.95 bits per heavy atom. The lowest BCUT2D eigenvalue weighted by molar-refractivity contribution is -0.128. The molecule has 0 heterocycles. The smallest absolute Gasteiger partial charge is 0.224 e. The summed E-state index contributed by atoms with van der Waals surface area (Å²) in [6, 6.07) is 0. The summed E-state index contributed by atoms with van der Waals surface area (Å²) in [6.45, 7) is 7.42. The Balaban J connectivity index is 0.00000200. The first kappa shape index (κ1) is 17.8. The van der Waals surface area contributed by atoms with Gasteiger partial charge in [-0.1, -0.05) is 26.7 Å². The molecular formula is C16H31ClN2O. The number of amides is 1. The van der Waals surface area contributed by atoms with Crippen molar-refractivity contribution in [1.29, 1.82) is 0 Å². The number of carbonyl (C=O) groups is 1. The van der Waals surface area contributed by atoms with E-state index < -0.39 is 0 Å². The minimum atomic E-state index is -0.308. The zero-order valence-corrected chi connectivity index (χ0v) is 14.0. The lowest BCUT2D eigenvalue weighted by atomic mass is 9.74. The Morgan fingerprint density at radius 3 is 2.45 bits per heavy atom. The van der Waals surface area contributed by atoms with E-state index in [0.717, 1.165) is 32.2 Å². The van der Waals surface area contributed by atoms with Crippen molar-refractivity contribution in [3.05, 3.63) is 0 Å². The Labute approximate surface area is 129 Å². The Bertz CT molecular complexity index is 337. The second-order valence-electron chi connectivity index (χ2n) is 7.62. The first-order valence-electron chi connectivity index (χ1n) is 7.91. The van der Waals surface area contributed by atoms with E-state index in [9.17, 15) is 4.79 Å². The molecule has 2 unspecified atom stereocenters. The molecular weight excluding hydrogens is 272 g/mol. The molecule has 0 aromatic heterocycles. The highest BCUT2D eigenvalue weighted by Gasteiger charge is 2.44. The number of rotatable bonds is 5. The summed E-state index contributed by atoms with van der Waals surface area (Å²) >= 11 is 0. The van der Waals surface area contributed by atoms with Crippen LogP contribution in [0.15, 0.2) is 0 Å². The molecule has 0 radical (unpaired) electrons. The van der Waals surface area contributed by atoms with E-state index in [-0.39, 0.29) is 29.8 Å². The topological polar surface area (TPSA) is 55.1 Å².